The zero-order valence-corrected chi connectivity index (χ0v) is 10.6. The van der Waals surface area contributed by atoms with Gasteiger partial charge in [-0.1, -0.05) is 19.1 Å². The molecule has 0 radical (unpaired) electrons. The number of anilines is 1. The second kappa shape index (κ2) is 5.21. The van der Waals surface area contributed by atoms with Crippen LogP contribution < -0.4 is 5.73 Å². The van der Waals surface area contributed by atoms with Gasteiger partial charge in [-0.3, -0.25) is 14.5 Å². The van der Waals surface area contributed by atoms with Crippen molar-refractivity contribution in [1.82, 2.24) is 4.90 Å². The van der Waals surface area contributed by atoms with E-state index in [1.54, 1.807) is 0 Å². The number of benzene rings is 1. The molecule has 1 aliphatic heterocycles. The van der Waals surface area contributed by atoms with Gasteiger partial charge in [0.1, 0.15) is 0 Å². The fraction of sp³-hybridized carbons (Fsp3) is 0.429. The van der Waals surface area contributed by atoms with Crippen LogP contribution in [0.1, 0.15) is 25.3 Å². The van der Waals surface area contributed by atoms with Crippen molar-refractivity contribution >= 4 is 17.5 Å². The minimum Gasteiger partial charge on any atom is -0.399 e. The number of hydrogen-bond acceptors (Lipinski definition) is 3. The number of imide groups is 1. The second-order valence-electron chi connectivity index (χ2n) is 4.94. The molecule has 1 aliphatic rings. The molecule has 1 aromatic rings. The van der Waals surface area contributed by atoms with Gasteiger partial charge in [-0.2, -0.15) is 0 Å². The maximum absolute atomic E-state index is 11.8. The molecule has 1 aromatic carbocycles. The van der Waals surface area contributed by atoms with Gasteiger partial charge in [0, 0.05) is 25.1 Å². The number of carbonyl (C=O) groups excluding carboxylic acids is 2. The molecule has 0 atom stereocenters. The van der Waals surface area contributed by atoms with Gasteiger partial charge in [0.05, 0.1) is 0 Å². The molecule has 0 aliphatic carbocycles. The molecule has 2 amide bonds. The number of piperidine rings is 1. The fourth-order valence-corrected chi connectivity index (χ4v) is 2.20. The molecular formula is C14H18N2O2. The monoisotopic (exact) mass is 246 g/mol. The predicted molar refractivity (Wildman–Crippen MR) is 69.7 cm³/mol. The molecule has 1 saturated heterocycles. The molecule has 0 saturated carbocycles. The van der Waals surface area contributed by atoms with Crippen molar-refractivity contribution in [2.75, 3.05) is 12.3 Å². The number of nitrogen functional groups attached to an aromatic ring is 1. The maximum Gasteiger partial charge on any atom is 0.229 e. The van der Waals surface area contributed by atoms with E-state index in [1.165, 1.54) is 4.90 Å². The van der Waals surface area contributed by atoms with E-state index in [9.17, 15) is 9.59 Å². The Morgan fingerprint density at radius 2 is 1.72 bits per heavy atom. The molecule has 1 fully saturated rings. The largest absolute Gasteiger partial charge is 0.399 e. The smallest absolute Gasteiger partial charge is 0.229 e. The number of likely N-dealkylation sites (tertiary alicyclic amines) is 1. The highest BCUT2D eigenvalue weighted by Crippen LogP contribution is 2.19. The highest BCUT2D eigenvalue weighted by molar-refractivity contribution is 5.97. The van der Waals surface area contributed by atoms with Gasteiger partial charge < -0.3 is 5.73 Å². The number of nitrogens with two attached hydrogens (primary N) is 1. The minimum absolute atomic E-state index is 0.0470. The number of rotatable bonds is 3. The SMILES string of the molecule is CC1CC(=O)N(CCc2ccc(N)cc2)C(=O)C1. The molecule has 0 bridgehead atoms. The summed E-state index contributed by atoms with van der Waals surface area (Å²) in [6.07, 6.45) is 1.65. The van der Waals surface area contributed by atoms with Gasteiger partial charge in [-0.25, -0.2) is 0 Å². The van der Waals surface area contributed by atoms with E-state index in [2.05, 4.69) is 0 Å². The molecule has 2 N–H and O–H groups in total. The van der Waals surface area contributed by atoms with Crippen LogP contribution in [0.4, 0.5) is 5.69 Å². The third kappa shape index (κ3) is 2.88. The fourth-order valence-electron chi connectivity index (χ4n) is 2.20. The number of amides is 2. The van der Waals surface area contributed by atoms with Gasteiger partial charge in [-0.15, -0.1) is 0 Å². The van der Waals surface area contributed by atoms with E-state index < -0.39 is 0 Å². The van der Waals surface area contributed by atoms with Crippen LogP contribution in [0.5, 0.6) is 0 Å². The van der Waals surface area contributed by atoms with Crippen LogP contribution >= 0.6 is 0 Å². The summed E-state index contributed by atoms with van der Waals surface area (Å²) in [5, 5.41) is 0. The van der Waals surface area contributed by atoms with E-state index in [0.717, 1.165) is 11.3 Å². The Kier molecular flexibility index (Phi) is 3.65. The summed E-state index contributed by atoms with van der Waals surface area (Å²) >= 11 is 0. The lowest BCUT2D eigenvalue weighted by Crippen LogP contribution is -2.43. The molecule has 0 aromatic heterocycles. The van der Waals surface area contributed by atoms with Crippen LogP contribution in [0, 0.1) is 5.92 Å². The Bertz CT molecular complexity index is 435. The second-order valence-corrected chi connectivity index (χ2v) is 4.94. The summed E-state index contributed by atoms with van der Waals surface area (Å²) in [5.74, 6) is 0.0844. The molecule has 18 heavy (non-hydrogen) atoms. The van der Waals surface area contributed by atoms with Crippen LogP contribution in [-0.4, -0.2) is 23.3 Å². The Hall–Kier alpha value is -1.84. The maximum atomic E-state index is 11.8. The Morgan fingerprint density at radius 3 is 2.28 bits per heavy atom. The predicted octanol–water partition coefficient (Wildman–Crippen LogP) is 1.60. The number of carbonyl (C=O) groups is 2. The van der Waals surface area contributed by atoms with Crippen LogP contribution in [0.15, 0.2) is 24.3 Å². The van der Waals surface area contributed by atoms with Crippen molar-refractivity contribution in [3.63, 3.8) is 0 Å². The quantitative estimate of drug-likeness (QED) is 0.650. The average molecular weight is 246 g/mol. The van der Waals surface area contributed by atoms with Crippen molar-refractivity contribution in [3.8, 4) is 0 Å². The lowest BCUT2D eigenvalue weighted by molar-refractivity contribution is -0.149. The summed E-state index contributed by atoms with van der Waals surface area (Å²) in [6.45, 7) is 2.40. The van der Waals surface area contributed by atoms with Crippen molar-refractivity contribution in [2.45, 2.75) is 26.2 Å². The molecule has 0 spiro atoms. The van der Waals surface area contributed by atoms with E-state index in [-0.39, 0.29) is 17.7 Å². The van der Waals surface area contributed by atoms with E-state index >= 15 is 0 Å². The molecule has 1 heterocycles. The molecule has 0 unspecified atom stereocenters. The summed E-state index contributed by atoms with van der Waals surface area (Å²) in [7, 11) is 0. The zero-order valence-electron chi connectivity index (χ0n) is 10.6. The van der Waals surface area contributed by atoms with Crippen molar-refractivity contribution in [3.05, 3.63) is 29.8 Å². The minimum atomic E-state index is -0.0470. The lowest BCUT2D eigenvalue weighted by atomic mass is 9.97. The molecule has 96 valence electrons. The van der Waals surface area contributed by atoms with Gasteiger partial charge in [-0.05, 0) is 30.0 Å². The van der Waals surface area contributed by atoms with Crippen LogP contribution in [0.3, 0.4) is 0 Å². The van der Waals surface area contributed by atoms with Crippen LogP contribution in [0.2, 0.25) is 0 Å². The highest BCUT2D eigenvalue weighted by Gasteiger charge is 2.29. The highest BCUT2D eigenvalue weighted by atomic mass is 16.2. The molecule has 4 heteroatoms. The van der Waals surface area contributed by atoms with Crippen LogP contribution in [-0.2, 0) is 16.0 Å². The van der Waals surface area contributed by atoms with Crippen molar-refractivity contribution < 1.29 is 9.59 Å². The average Bonchev–Trinajstić information content (AvgIpc) is 2.30. The standard InChI is InChI=1S/C14H18N2O2/c1-10-8-13(17)16(14(18)9-10)7-6-11-2-4-12(15)5-3-11/h2-5,10H,6-9,15H2,1H3. The summed E-state index contributed by atoms with van der Waals surface area (Å²) in [4.78, 5) is 24.9. The van der Waals surface area contributed by atoms with E-state index in [1.807, 2.05) is 31.2 Å². The van der Waals surface area contributed by atoms with Crippen LogP contribution in [0.25, 0.3) is 0 Å². The first kappa shape index (κ1) is 12.6. The third-order valence-corrected chi connectivity index (χ3v) is 3.25. The molecule has 2 rings (SSSR count). The van der Waals surface area contributed by atoms with Gasteiger partial charge in [0.25, 0.3) is 0 Å². The third-order valence-electron chi connectivity index (χ3n) is 3.25. The first-order chi connectivity index (χ1) is 8.56. The zero-order chi connectivity index (χ0) is 13.1. The normalized spacial score (nSPS) is 17.3. The number of nitrogens with zero attached hydrogens (tertiary/aromatic N) is 1. The van der Waals surface area contributed by atoms with Crippen molar-refractivity contribution in [2.24, 2.45) is 5.92 Å². The Labute approximate surface area is 107 Å². The Morgan fingerprint density at radius 1 is 1.17 bits per heavy atom. The summed E-state index contributed by atoms with van der Waals surface area (Å²) in [6, 6.07) is 7.52. The number of hydrogen-bond donors (Lipinski definition) is 1. The van der Waals surface area contributed by atoms with E-state index in [4.69, 9.17) is 5.73 Å². The first-order valence-electron chi connectivity index (χ1n) is 6.24. The summed E-state index contributed by atoms with van der Waals surface area (Å²) in [5.41, 5.74) is 7.41. The summed E-state index contributed by atoms with van der Waals surface area (Å²) < 4.78 is 0. The first-order valence-corrected chi connectivity index (χ1v) is 6.24. The lowest BCUT2D eigenvalue weighted by Gasteiger charge is -2.28. The van der Waals surface area contributed by atoms with E-state index in [0.29, 0.717) is 25.8 Å². The Balaban J connectivity index is 1.95. The van der Waals surface area contributed by atoms with Gasteiger partial charge in [0.2, 0.25) is 11.8 Å². The topological polar surface area (TPSA) is 63.4 Å². The van der Waals surface area contributed by atoms with Gasteiger partial charge >= 0.3 is 0 Å². The molecule has 4 nitrogen and oxygen atoms in total. The molecular weight excluding hydrogens is 228 g/mol. The van der Waals surface area contributed by atoms with Gasteiger partial charge in [0.15, 0.2) is 0 Å². The van der Waals surface area contributed by atoms with Crippen molar-refractivity contribution in [1.29, 1.82) is 0 Å².